The third-order valence-electron chi connectivity index (χ3n) is 3.64. The van der Waals surface area contributed by atoms with Gasteiger partial charge in [0.25, 0.3) is 0 Å². The Kier molecular flexibility index (Phi) is 1.86. The summed E-state index contributed by atoms with van der Waals surface area (Å²) in [6.45, 7) is 0. The fourth-order valence-electron chi connectivity index (χ4n) is 3.05. The lowest BCUT2D eigenvalue weighted by atomic mass is 9.67. The monoisotopic (exact) mass is 294 g/mol. The predicted molar refractivity (Wildman–Crippen MR) is 54.9 cm³/mol. The molecule has 6 atom stereocenters. The van der Waals surface area contributed by atoms with E-state index in [4.69, 9.17) is 4.74 Å². The average Bonchev–Trinajstić information content (AvgIpc) is 2.02. The number of hydrogen-bond donors (Lipinski definition) is 0. The SMILES string of the molecule is BrC1[C@@H]2C[C@@H]3C[C@H]1O[C@H](C2)C3Br. The topological polar surface area (TPSA) is 9.23 Å². The summed E-state index contributed by atoms with van der Waals surface area (Å²) in [6.07, 6.45) is 4.96. The lowest BCUT2D eigenvalue weighted by Gasteiger charge is -2.54. The minimum atomic E-state index is 0.515. The van der Waals surface area contributed by atoms with Crippen molar-refractivity contribution in [3.05, 3.63) is 0 Å². The summed E-state index contributed by atoms with van der Waals surface area (Å²) in [6, 6.07) is 0. The number of alkyl halides is 2. The first kappa shape index (κ1) is 8.25. The van der Waals surface area contributed by atoms with E-state index in [1.807, 2.05) is 0 Å². The highest BCUT2D eigenvalue weighted by molar-refractivity contribution is 9.09. The van der Waals surface area contributed by atoms with Crippen molar-refractivity contribution in [3.63, 3.8) is 0 Å². The maximum Gasteiger partial charge on any atom is 0.0710 e. The Morgan fingerprint density at radius 2 is 1.33 bits per heavy atom. The molecule has 12 heavy (non-hydrogen) atoms. The van der Waals surface area contributed by atoms with E-state index in [2.05, 4.69) is 31.9 Å². The van der Waals surface area contributed by atoms with Crippen LogP contribution in [0.3, 0.4) is 0 Å². The van der Waals surface area contributed by atoms with Crippen molar-refractivity contribution in [2.24, 2.45) is 11.8 Å². The van der Waals surface area contributed by atoms with Crippen LogP contribution in [0.1, 0.15) is 19.3 Å². The van der Waals surface area contributed by atoms with Crippen LogP contribution in [0.2, 0.25) is 0 Å². The molecule has 3 heteroatoms. The standard InChI is InChI=1S/C9H12Br2O/c10-8-4-1-5-3-7(8)12-6(2-4)9(5)11/h4-9H,1-3H2/t4-,5-,6-,7-,8?,9?/m1/s1. The molecule has 0 N–H and O–H groups in total. The normalized spacial score (nSPS) is 62.5. The molecule has 4 aliphatic rings. The molecule has 0 aromatic rings. The third-order valence-corrected chi connectivity index (χ3v) is 6.31. The van der Waals surface area contributed by atoms with Gasteiger partial charge in [0.2, 0.25) is 0 Å². The predicted octanol–water partition coefficient (Wildman–Crippen LogP) is 2.71. The molecule has 0 spiro atoms. The minimum absolute atomic E-state index is 0.515. The van der Waals surface area contributed by atoms with Gasteiger partial charge in [-0.1, -0.05) is 31.9 Å². The summed E-state index contributed by atoms with van der Waals surface area (Å²) in [7, 11) is 0. The van der Waals surface area contributed by atoms with Crippen LogP contribution in [0.25, 0.3) is 0 Å². The zero-order chi connectivity index (χ0) is 8.29. The van der Waals surface area contributed by atoms with Gasteiger partial charge in [-0.25, -0.2) is 0 Å². The molecule has 2 aliphatic carbocycles. The molecule has 4 fully saturated rings. The van der Waals surface area contributed by atoms with Crippen LogP contribution >= 0.6 is 31.9 Å². The maximum absolute atomic E-state index is 5.95. The molecule has 4 bridgehead atoms. The zero-order valence-corrected chi connectivity index (χ0v) is 9.92. The van der Waals surface area contributed by atoms with Crippen LogP contribution in [-0.4, -0.2) is 21.9 Å². The molecule has 2 saturated heterocycles. The molecule has 2 saturated carbocycles. The minimum Gasteiger partial charge on any atom is -0.373 e. The fraction of sp³-hybridized carbons (Fsp3) is 1.00. The first-order valence-corrected chi connectivity index (χ1v) is 6.52. The molecular formula is C9H12Br2O. The summed E-state index contributed by atoms with van der Waals surface area (Å²) in [5.74, 6) is 1.78. The van der Waals surface area contributed by atoms with E-state index in [-0.39, 0.29) is 0 Å². The van der Waals surface area contributed by atoms with Gasteiger partial charge in [-0.2, -0.15) is 0 Å². The molecule has 0 radical (unpaired) electrons. The Morgan fingerprint density at radius 3 is 1.75 bits per heavy atom. The molecule has 68 valence electrons. The van der Waals surface area contributed by atoms with Gasteiger partial charge in [-0.15, -0.1) is 0 Å². The van der Waals surface area contributed by atoms with Crippen molar-refractivity contribution in [2.45, 2.75) is 41.1 Å². The Bertz CT molecular complexity index is 159. The zero-order valence-electron chi connectivity index (χ0n) is 6.75. The first-order chi connectivity index (χ1) is 5.75. The third kappa shape index (κ3) is 0.992. The largest absolute Gasteiger partial charge is 0.373 e. The van der Waals surface area contributed by atoms with Crippen LogP contribution in [0.5, 0.6) is 0 Å². The van der Waals surface area contributed by atoms with Gasteiger partial charge in [-0.05, 0) is 31.1 Å². The van der Waals surface area contributed by atoms with E-state index >= 15 is 0 Å². The summed E-state index contributed by atoms with van der Waals surface area (Å²) < 4.78 is 5.95. The van der Waals surface area contributed by atoms with Crippen molar-refractivity contribution < 1.29 is 4.74 Å². The lowest BCUT2D eigenvalue weighted by molar-refractivity contribution is -0.142. The maximum atomic E-state index is 5.95. The second kappa shape index (κ2) is 2.71. The second-order valence-electron chi connectivity index (χ2n) is 4.33. The Labute approximate surface area is 89.5 Å². The highest BCUT2D eigenvalue weighted by Gasteiger charge is 2.52. The molecule has 4 rings (SSSR count). The van der Waals surface area contributed by atoms with E-state index < -0.39 is 0 Å². The number of hydrogen-bond acceptors (Lipinski definition) is 1. The van der Waals surface area contributed by atoms with Crippen molar-refractivity contribution in [2.75, 3.05) is 0 Å². The molecular weight excluding hydrogens is 284 g/mol. The smallest absolute Gasteiger partial charge is 0.0710 e. The number of ether oxygens (including phenoxy) is 1. The van der Waals surface area contributed by atoms with Gasteiger partial charge in [0.1, 0.15) is 0 Å². The van der Waals surface area contributed by atoms with Crippen LogP contribution in [0.15, 0.2) is 0 Å². The van der Waals surface area contributed by atoms with Crippen molar-refractivity contribution in [1.29, 1.82) is 0 Å². The molecule has 1 nitrogen and oxygen atoms in total. The number of rotatable bonds is 0. The Morgan fingerprint density at radius 1 is 0.833 bits per heavy atom. The van der Waals surface area contributed by atoms with Crippen LogP contribution in [0.4, 0.5) is 0 Å². The molecule has 0 aromatic heterocycles. The number of halogens is 2. The van der Waals surface area contributed by atoms with E-state index in [9.17, 15) is 0 Å². The van der Waals surface area contributed by atoms with Gasteiger partial charge >= 0.3 is 0 Å². The summed E-state index contributed by atoms with van der Waals surface area (Å²) in [5, 5.41) is 0. The van der Waals surface area contributed by atoms with E-state index in [0.717, 1.165) is 11.8 Å². The first-order valence-electron chi connectivity index (χ1n) is 4.69. The molecule has 0 aromatic carbocycles. The van der Waals surface area contributed by atoms with Gasteiger partial charge in [0.05, 0.1) is 12.2 Å². The van der Waals surface area contributed by atoms with E-state index in [0.29, 0.717) is 21.9 Å². The van der Waals surface area contributed by atoms with Crippen LogP contribution in [-0.2, 0) is 4.74 Å². The van der Waals surface area contributed by atoms with Crippen LogP contribution in [0, 0.1) is 11.8 Å². The fourth-order valence-corrected chi connectivity index (χ4v) is 4.60. The summed E-state index contributed by atoms with van der Waals surface area (Å²) >= 11 is 7.52. The van der Waals surface area contributed by atoms with Gasteiger partial charge in [0, 0.05) is 9.65 Å². The molecule has 0 amide bonds. The average molecular weight is 296 g/mol. The second-order valence-corrected chi connectivity index (χ2v) is 6.44. The molecule has 2 unspecified atom stereocenters. The van der Waals surface area contributed by atoms with Crippen molar-refractivity contribution in [1.82, 2.24) is 0 Å². The Balaban J connectivity index is 1.91. The highest BCUT2D eigenvalue weighted by atomic mass is 79.9. The van der Waals surface area contributed by atoms with Gasteiger partial charge in [0.15, 0.2) is 0 Å². The quantitative estimate of drug-likeness (QED) is 0.625. The van der Waals surface area contributed by atoms with Crippen LogP contribution < -0.4 is 0 Å². The van der Waals surface area contributed by atoms with E-state index in [1.165, 1.54) is 19.3 Å². The Hall–Kier alpha value is 0.920. The molecule has 2 heterocycles. The summed E-state index contributed by atoms with van der Waals surface area (Å²) in [5.41, 5.74) is 0. The van der Waals surface area contributed by atoms with Gasteiger partial charge < -0.3 is 4.74 Å². The highest BCUT2D eigenvalue weighted by Crippen LogP contribution is 2.52. The molecule has 2 aliphatic heterocycles. The van der Waals surface area contributed by atoms with Crippen molar-refractivity contribution in [3.8, 4) is 0 Å². The van der Waals surface area contributed by atoms with E-state index in [1.54, 1.807) is 0 Å². The van der Waals surface area contributed by atoms with Crippen molar-refractivity contribution >= 4 is 31.9 Å². The van der Waals surface area contributed by atoms with Gasteiger partial charge in [-0.3, -0.25) is 0 Å². The lowest BCUT2D eigenvalue weighted by Crippen LogP contribution is -2.57. The summed E-state index contributed by atoms with van der Waals surface area (Å²) in [4.78, 5) is 1.29.